The summed E-state index contributed by atoms with van der Waals surface area (Å²) in [6.45, 7) is 5.14. The van der Waals surface area contributed by atoms with Crippen LogP contribution in [0.15, 0.2) is 0 Å². The van der Waals surface area contributed by atoms with Crippen LogP contribution in [0.1, 0.15) is 33.1 Å². The number of nitrogens with zero attached hydrogens (tertiary/aromatic N) is 1. The smallest absolute Gasteiger partial charge is 0.429 e. The van der Waals surface area contributed by atoms with Crippen LogP contribution in [0.2, 0.25) is 0 Å². The molecule has 1 amide bonds. The van der Waals surface area contributed by atoms with E-state index in [1.54, 1.807) is 4.90 Å². The molecule has 0 aromatic carbocycles. The maximum Gasteiger partial charge on any atom is 0.429 e. The Kier molecular flexibility index (Phi) is 8.85. The molecule has 0 spiro atoms. The van der Waals surface area contributed by atoms with Gasteiger partial charge in [-0.1, -0.05) is 0 Å². The van der Waals surface area contributed by atoms with Crippen LogP contribution < -0.4 is 0 Å². The Bertz CT molecular complexity index is 174. The number of carbonyl (C=O) groups is 1. The van der Waals surface area contributed by atoms with Gasteiger partial charge in [0.2, 0.25) is 0 Å². The zero-order valence-electron chi connectivity index (χ0n) is 9.57. The number of hydrogen-bond acceptors (Lipinski definition) is 3. The van der Waals surface area contributed by atoms with Crippen molar-refractivity contribution in [1.29, 1.82) is 0 Å². The fourth-order valence-electron chi connectivity index (χ4n) is 1.23. The van der Waals surface area contributed by atoms with Gasteiger partial charge >= 0.3 is 5.24 Å². The minimum Gasteiger partial charge on any atom is -0.608 e. The molecule has 0 heterocycles. The number of unbranched alkanes of at least 4 members (excludes halogenated alkanes) is 2. The highest BCUT2D eigenvalue weighted by molar-refractivity contribution is 8.05. The van der Waals surface area contributed by atoms with Crippen LogP contribution in [0.25, 0.3) is 0 Å². The van der Waals surface area contributed by atoms with Crippen LogP contribution in [0.5, 0.6) is 0 Å². The molecule has 15 heavy (non-hydrogen) atoms. The second-order valence-corrected chi connectivity index (χ2v) is 4.72. The molecule has 0 aromatic rings. The number of rotatable bonds is 7. The highest BCUT2D eigenvalue weighted by Gasteiger charge is 2.23. The molecule has 0 saturated carbocycles. The van der Waals surface area contributed by atoms with Gasteiger partial charge in [-0.25, -0.2) is 4.79 Å². The van der Waals surface area contributed by atoms with E-state index in [2.05, 4.69) is 0 Å². The second-order valence-electron chi connectivity index (χ2n) is 3.27. The average Bonchev–Trinajstić information content (AvgIpc) is 2.25. The van der Waals surface area contributed by atoms with Crippen molar-refractivity contribution in [1.82, 2.24) is 4.90 Å². The number of carbonyl (C=O) groups excluding carboxylic acids is 1. The molecular formula is C10H21NO3S. The average molecular weight is 235 g/mol. The van der Waals surface area contributed by atoms with Crippen LogP contribution in [-0.4, -0.2) is 45.2 Å². The lowest BCUT2D eigenvalue weighted by atomic mass is 10.3. The predicted molar refractivity (Wildman–Crippen MR) is 62.3 cm³/mol. The molecule has 1 N–H and O–H groups in total. The van der Waals surface area contributed by atoms with Gasteiger partial charge < -0.3 is 9.66 Å². The van der Waals surface area contributed by atoms with E-state index in [0.717, 1.165) is 19.3 Å². The zero-order chi connectivity index (χ0) is 11.7. The molecule has 0 saturated heterocycles. The molecule has 0 aliphatic carbocycles. The molecule has 0 radical (unpaired) electrons. The molecule has 4 nitrogen and oxygen atoms in total. The Hall–Kier alpha value is -0.260. The molecular weight excluding hydrogens is 214 g/mol. The predicted octanol–water partition coefficient (Wildman–Crippen LogP) is 1.36. The van der Waals surface area contributed by atoms with E-state index >= 15 is 0 Å². The van der Waals surface area contributed by atoms with Crippen molar-refractivity contribution in [2.75, 3.05) is 25.4 Å². The normalized spacial score (nSPS) is 12.5. The van der Waals surface area contributed by atoms with Crippen molar-refractivity contribution in [3.63, 3.8) is 0 Å². The monoisotopic (exact) mass is 235 g/mol. The minimum absolute atomic E-state index is 0.163. The van der Waals surface area contributed by atoms with Gasteiger partial charge in [0.1, 0.15) is 5.75 Å². The van der Waals surface area contributed by atoms with Gasteiger partial charge in [0, 0.05) is 30.9 Å². The van der Waals surface area contributed by atoms with E-state index in [1.165, 1.54) is 0 Å². The van der Waals surface area contributed by atoms with Crippen LogP contribution in [0.4, 0.5) is 4.79 Å². The van der Waals surface area contributed by atoms with E-state index in [4.69, 9.17) is 5.11 Å². The maximum atomic E-state index is 11.5. The lowest BCUT2D eigenvalue weighted by Gasteiger charge is -2.19. The van der Waals surface area contributed by atoms with Crippen LogP contribution in [0.3, 0.4) is 0 Å². The van der Waals surface area contributed by atoms with Gasteiger partial charge in [0.05, 0.1) is 0 Å². The molecule has 0 rings (SSSR count). The third-order valence-electron chi connectivity index (χ3n) is 2.20. The Labute approximate surface area is 94.8 Å². The SMILES string of the molecule is CCN(CC)C(=O)[S+]([O-])CCCCCO. The van der Waals surface area contributed by atoms with Gasteiger partial charge in [0.25, 0.3) is 0 Å². The molecule has 90 valence electrons. The summed E-state index contributed by atoms with van der Waals surface area (Å²) in [5, 5.41) is 8.29. The fourth-order valence-corrected chi connectivity index (χ4v) is 2.42. The lowest BCUT2D eigenvalue weighted by Crippen LogP contribution is -2.36. The summed E-state index contributed by atoms with van der Waals surface area (Å²) >= 11 is -1.39. The molecule has 0 bridgehead atoms. The first-order valence-electron chi connectivity index (χ1n) is 5.45. The van der Waals surface area contributed by atoms with Gasteiger partial charge in [-0.2, -0.15) is 0 Å². The van der Waals surface area contributed by atoms with Gasteiger partial charge in [-0.05, 0) is 33.1 Å². The maximum absolute atomic E-state index is 11.5. The first-order chi connectivity index (χ1) is 7.17. The molecule has 0 aliphatic rings. The zero-order valence-corrected chi connectivity index (χ0v) is 10.4. The molecule has 0 aliphatic heterocycles. The Morgan fingerprint density at radius 2 is 1.87 bits per heavy atom. The van der Waals surface area contributed by atoms with Crippen molar-refractivity contribution in [2.24, 2.45) is 0 Å². The summed E-state index contributed by atoms with van der Waals surface area (Å²) in [5.74, 6) is 0.412. The summed E-state index contributed by atoms with van der Waals surface area (Å²) in [5.41, 5.74) is 0. The van der Waals surface area contributed by atoms with Gasteiger partial charge in [-0.15, -0.1) is 0 Å². The highest BCUT2D eigenvalue weighted by Crippen LogP contribution is 2.05. The Morgan fingerprint density at radius 1 is 1.27 bits per heavy atom. The summed E-state index contributed by atoms with van der Waals surface area (Å²) in [6.07, 6.45) is 2.28. The Balaban J connectivity index is 3.77. The second kappa shape index (κ2) is 9.00. The van der Waals surface area contributed by atoms with Crippen molar-refractivity contribution in [3.8, 4) is 0 Å². The quantitative estimate of drug-likeness (QED) is 0.535. The molecule has 5 heteroatoms. The van der Waals surface area contributed by atoms with Crippen molar-refractivity contribution < 1.29 is 14.5 Å². The van der Waals surface area contributed by atoms with Crippen LogP contribution >= 0.6 is 0 Å². The first-order valence-corrected chi connectivity index (χ1v) is 6.77. The fraction of sp³-hybridized carbons (Fsp3) is 0.900. The Morgan fingerprint density at radius 3 is 2.33 bits per heavy atom. The van der Waals surface area contributed by atoms with E-state index in [0.29, 0.717) is 18.8 Å². The highest BCUT2D eigenvalue weighted by atomic mass is 32.2. The topological polar surface area (TPSA) is 63.6 Å². The standard InChI is InChI=1S/C10H21NO3S/c1-3-11(4-2)10(13)15(14)9-7-5-6-8-12/h12H,3-9H2,1-2H3. The van der Waals surface area contributed by atoms with E-state index in [1.807, 2.05) is 13.8 Å². The summed E-state index contributed by atoms with van der Waals surface area (Å²) in [4.78, 5) is 13.1. The summed E-state index contributed by atoms with van der Waals surface area (Å²) < 4.78 is 11.5. The third kappa shape index (κ3) is 6.02. The van der Waals surface area contributed by atoms with Gasteiger partial charge in [-0.3, -0.25) is 4.90 Å². The number of amides is 1. The van der Waals surface area contributed by atoms with E-state index in [9.17, 15) is 9.35 Å². The molecule has 1 atom stereocenters. The molecule has 1 unspecified atom stereocenters. The van der Waals surface area contributed by atoms with Crippen LogP contribution in [0, 0.1) is 0 Å². The van der Waals surface area contributed by atoms with E-state index < -0.39 is 11.2 Å². The number of aliphatic hydroxyl groups is 1. The summed E-state index contributed by atoms with van der Waals surface area (Å²) in [6, 6.07) is 0. The molecule has 0 aromatic heterocycles. The minimum atomic E-state index is -1.39. The summed E-state index contributed by atoms with van der Waals surface area (Å²) in [7, 11) is 0. The van der Waals surface area contributed by atoms with Crippen molar-refractivity contribution >= 4 is 16.4 Å². The lowest BCUT2D eigenvalue weighted by molar-refractivity contribution is 0.225. The number of hydrogen-bond donors (Lipinski definition) is 1. The van der Waals surface area contributed by atoms with Crippen molar-refractivity contribution in [2.45, 2.75) is 33.1 Å². The van der Waals surface area contributed by atoms with E-state index in [-0.39, 0.29) is 11.8 Å². The van der Waals surface area contributed by atoms with Crippen LogP contribution in [-0.2, 0) is 11.2 Å². The van der Waals surface area contributed by atoms with Gasteiger partial charge in [0.15, 0.2) is 0 Å². The third-order valence-corrected chi connectivity index (χ3v) is 3.51. The molecule has 0 fully saturated rings. The number of aliphatic hydroxyl groups excluding tert-OH is 1. The van der Waals surface area contributed by atoms with Crippen molar-refractivity contribution in [3.05, 3.63) is 0 Å². The largest absolute Gasteiger partial charge is 0.608 e. The first kappa shape index (κ1) is 14.7.